The van der Waals surface area contributed by atoms with Crippen molar-refractivity contribution in [2.45, 2.75) is 19.8 Å². The number of hydrogen-bond acceptors (Lipinski definition) is 6. The number of aryl methyl sites for hydroxylation is 1. The van der Waals surface area contributed by atoms with Gasteiger partial charge >= 0.3 is 5.97 Å². The molecule has 0 bridgehead atoms. The summed E-state index contributed by atoms with van der Waals surface area (Å²) in [6, 6.07) is 3.96. The fourth-order valence-electron chi connectivity index (χ4n) is 4.17. The van der Waals surface area contributed by atoms with Crippen molar-refractivity contribution in [3.05, 3.63) is 17.8 Å². The summed E-state index contributed by atoms with van der Waals surface area (Å²) in [6.07, 6.45) is 1.61. The molecule has 0 radical (unpaired) electrons. The number of fused-ring (bicyclic) bond motifs is 1. The topological polar surface area (TPSA) is 72.8 Å². The first kappa shape index (κ1) is 18.1. The number of carboxylic acids is 1. The molecule has 7 heteroatoms. The molecule has 2 fully saturated rings. The highest BCUT2D eigenvalue weighted by molar-refractivity contribution is 5.76. The molecular weight excluding hydrogens is 318 g/mol. The Balaban J connectivity index is 1.78. The van der Waals surface area contributed by atoms with Gasteiger partial charge in [-0.25, -0.2) is 0 Å². The number of carbonyl (C=O) groups is 1. The molecular formula is C18H29N5O2. The fraction of sp³-hybridized carbons (Fsp3) is 0.722. The fourth-order valence-corrected chi connectivity index (χ4v) is 4.17. The monoisotopic (exact) mass is 347 g/mol. The van der Waals surface area contributed by atoms with E-state index in [9.17, 15) is 9.90 Å². The minimum Gasteiger partial charge on any atom is -0.481 e. The maximum absolute atomic E-state index is 12.2. The Morgan fingerprint density at radius 1 is 1.36 bits per heavy atom. The standard InChI is InChI=1S/C18H29N5O2/c1-14-5-6-16(20-19-14)23-8-4-7-18(17(24)25)13-22(10-9-21(2)3)11-15(18)12-23/h5-6,15H,4,7-13H2,1-3H3,(H,24,25)/t15-,18-/m0/s1. The van der Waals surface area contributed by atoms with Crippen LogP contribution in [0.3, 0.4) is 0 Å². The predicted molar refractivity (Wildman–Crippen MR) is 96.8 cm³/mol. The van der Waals surface area contributed by atoms with Gasteiger partial charge < -0.3 is 19.8 Å². The highest BCUT2D eigenvalue weighted by atomic mass is 16.4. The van der Waals surface area contributed by atoms with E-state index < -0.39 is 11.4 Å². The first-order valence-electron chi connectivity index (χ1n) is 9.06. The van der Waals surface area contributed by atoms with Crippen LogP contribution < -0.4 is 4.90 Å². The van der Waals surface area contributed by atoms with E-state index >= 15 is 0 Å². The SMILES string of the molecule is Cc1ccc(N2CCC[C@]3(C(=O)O)CN(CCN(C)C)C[C@H]3C2)nn1. The maximum Gasteiger partial charge on any atom is 0.311 e. The van der Waals surface area contributed by atoms with Crippen LogP contribution in [-0.2, 0) is 4.79 Å². The van der Waals surface area contributed by atoms with Crippen LogP contribution in [0.2, 0.25) is 0 Å². The number of anilines is 1. The van der Waals surface area contributed by atoms with Crippen molar-refractivity contribution in [3.63, 3.8) is 0 Å². The van der Waals surface area contributed by atoms with Crippen molar-refractivity contribution in [3.8, 4) is 0 Å². The second kappa shape index (κ2) is 7.25. The zero-order chi connectivity index (χ0) is 18.0. The molecule has 0 aliphatic carbocycles. The lowest BCUT2D eigenvalue weighted by Gasteiger charge is -2.30. The van der Waals surface area contributed by atoms with Gasteiger partial charge in [0.2, 0.25) is 0 Å². The van der Waals surface area contributed by atoms with Gasteiger partial charge in [0.1, 0.15) is 0 Å². The lowest BCUT2D eigenvalue weighted by Crippen LogP contribution is -2.41. The summed E-state index contributed by atoms with van der Waals surface area (Å²) in [5.41, 5.74) is 0.272. The number of rotatable bonds is 5. The molecule has 0 saturated carbocycles. The van der Waals surface area contributed by atoms with E-state index in [0.717, 1.165) is 57.1 Å². The zero-order valence-electron chi connectivity index (χ0n) is 15.5. The third kappa shape index (κ3) is 3.77. The van der Waals surface area contributed by atoms with E-state index in [2.05, 4.69) is 39.0 Å². The molecule has 1 N–H and O–H groups in total. The lowest BCUT2D eigenvalue weighted by atomic mass is 9.75. The smallest absolute Gasteiger partial charge is 0.311 e. The maximum atomic E-state index is 12.2. The van der Waals surface area contributed by atoms with Crippen LogP contribution >= 0.6 is 0 Å². The van der Waals surface area contributed by atoms with Crippen molar-refractivity contribution in [1.29, 1.82) is 0 Å². The van der Waals surface area contributed by atoms with E-state index in [1.165, 1.54) is 0 Å². The molecule has 0 amide bonds. The molecule has 1 aromatic heterocycles. The van der Waals surface area contributed by atoms with Gasteiger partial charge in [-0.1, -0.05) is 0 Å². The third-order valence-electron chi connectivity index (χ3n) is 5.65. The first-order valence-corrected chi connectivity index (χ1v) is 9.06. The molecule has 0 spiro atoms. The van der Waals surface area contributed by atoms with Gasteiger partial charge in [-0.15, -0.1) is 5.10 Å². The van der Waals surface area contributed by atoms with E-state index in [1.807, 2.05) is 19.1 Å². The highest BCUT2D eigenvalue weighted by Crippen LogP contribution is 2.43. The molecule has 3 heterocycles. The number of aliphatic carboxylic acids is 1. The van der Waals surface area contributed by atoms with Gasteiger partial charge in [-0.05, 0) is 46.0 Å². The lowest BCUT2D eigenvalue weighted by molar-refractivity contribution is -0.150. The molecule has 2 atom stereocenters. The average Bonchev–Trinajstić information content (AvgIpc) is 2.82. The minimum absolute atomic E-state index is 0.123. The number of hydrogen-bond donors (Lipinski definition) is 1. The summed E-state index contributed by atoms with van der Waals surface area (Å²) in [6.45, 7) is 6.89. The Morgan fingerprint density at radius 3 is 2.80 bits per heavy atom. The van der Waals surface area contributed by atoms with Gasteiger partial charge in [0.05, 0.1) is 11.1 Å². The quantitative estimate of drug-likeness (QED) is 0.850. The molecule has 7 nitrogen and oxygen atoms in total. The van der Waals surface area contributed by atoms with Gasteiger partial charge in [-0.2, -0.15) is 5.10 Å². The number of carboxylic acid groups (broad SMARTS) is 1. The molecule has 2 aliphatic heterocycles. The van der Waals surface area contributed by atoms with E-state index in [4.69, 9.17) is 0 Å². The number of nitrogens with zero attached hydrogens (tertiary/aromatic N) is 5. The van der Waals surface area contributed by atoms with Crippen molar-refractivity contribution in [1.82, 2.24) is 20.0 Å². The van der Waals surface area contributed by atoms with Gasteiger partial charge in [0.15, 0.2) is 5.82 Å². The van der Waals surface area contributed by atoms with Gasteiger partial charge in [0, 0.05) is 45.2 Å². The Hall–Kier alpha value is -1.73. The first-order chi connectivity index (χ1) is 11.9. The normalized spacial score (nSPS) is 27.4. The van der Waals surface area contributed by atoms with Crippen molar-refractivity contribution in [2.24, 2.45) is 11.3 Å². The summed E-state index contributed by atoms with van der Waals surface area (Å²) in [4.78, 5) is 18.9. The van der Waals surface area contributed by atoms with Crippen molar-refractivity contribution < 1.29 is 9.90 Å². The Labute approximate surface area is 149 Å². The Kier molecular flexibility index (Phi) is 5.24. The molecule has 25 heavy (non-hydrogen) atoms. The minimum atomic E-state index is -0.637. The summed E-state index contributed by atoms with van der Waals surface area (Å²) in [5.74, 6) is 0.345. The van der Waals surface area contributed by atoms with Crippen LogP contribution in [-0.4, -0.2) is 84.4 Å². The summed E-state index contributed by atoms with van der Waals surface area (Å²) < 4.78 is 0. The Bertz CT molecular complexity index is 606. The summed E-state index contributed by atoms with van der Waals surface area (Å²) in [5, 5.41) is 18.5. The van der Waals surface area contributed by atoms with E-state index in [0.29, 0.717) is 6.54 Å². The van der Waals surface area contributed by atoms with Crippen LogP contribution in [0, 0.1) is 18.3 Å². The molecule has 3 rings (SSSR count). The molecule has 2 aliphatic rings. The van der Waals surface area contributed by atoms with Crippen molar-refractivity contribution >= 4 is 11.8 Å². The van der Waals surface area contributed by atoms with Crippen molar-refractivity contribution in [2.75, 3.05) is 58.3 Å². The van der Waals surface area contributed by atoms with Crippen LogP contribution in [0.25, 0.3) is 0 Å². The van der Waals surface area contributed by atoms with E-state index in [1.54, 1.807) is 0 Å². The summed E-state index contributed by atoms with van der Waals surface area (Å²) >= 11 is 0. The number of likely N-dealkylation sites (N-methyl/N-ethyl adjacent to an activating group) is 1. The second-order valence-electron chi connectivity index (χ2n) is 7.78. The molecule has 0 aromatic carbocycles. The van der Waals surface area contributed by atoms with Crippen LogP contribution in [0.15, 0.2) is 12.1 Å². The number of aromatic nitrogens is 2. The Morgan fingerprint density at radius 2 is 2.16 bits per heavy atom. The molecule has 1 aromatic rings. The van der Waals surface area contributed by atoms with Crippen LogP contribution in [0.4, 0.5) is 5.82 Å². The average molecular weight is 347 g/mol. The molecule has 2 saturated heterocycles. The predicted octanol–water partition coefficient (Wildman–Crippen LogP) is 0.950. The highest BCUT2D eigenvalue weighted by Gasteiger charge is 2.53. The van der Waals surface area contributed by atoms with Crippen LogP contribution in [0.1, 0.15) is 18.5 Å². The van der Waals surface area contributed by atoms with Crippen LogP contribution in [0.5, 0.6) is 0 Å². The van der Waals surface area contributed by atoms with Gasteiger partial charge in [0.25, 0.3) is 0 Å². The second-order valence-corrected chi connectivity index (χ2v) is 7.78. The third-order valence-corrected chi connectivity index (χ3v) is 5.65. The largest absolute Gasteiger partial charge is 0.481 e. The van der Waals surface area contributed by atoms with Gasteiger partial charge in [-0.3, -0.25) is 4.79 Å². The van der Waals surface area contributed by atoms with E-state index in [-0.39, 0.29) is 5.92 Å². The number of likely N-dealkylation sites (tertiary alicyclic amines) is 1. The summed E-state index contributed by atoms with van der Waals surface area (Å²) in [7, 11) is 4.11. The zero-order valence-corrected chi connectivity index (χ0v) is 15.5. The molecule has 0 unspecified atom stereocenters. The molecule has 138 valence electrons.